The fourth-order valence-electron chi connectivity index (χ4n) is 1.75. The van der Waals surface area contributed by atoms with Crippen molar-refractivity contribution in [1.29, 1.82) is 0 Å². The Kier molecular flexibility index (Phi) is 8.67. The molecule has 1 aromatic rings. The van der Waals surface area contributed by atoms with Gasteiger partial charge in [-0.15, -0.1) is 24.8 Å². The first-order valence-electron chi connectivity index (χ1n) is 5.78. The fourth-order valence-corrected chi connectivity index (χ4v) is 1.75. The molecule has 1 atom stereocenters. The molecule has 1 aliphatic rings. The lowest BCUT2D eigenvalue weighted by Crippen LogP contribution is -2.40. The lowest BCUT2D eigenvalue weighted by molar-refractivity contribution is -0.119. The highest BCUT2D eigenvalue weighted by molar-refractivity contribution is 5.91. The Labute approximate surface area is 125 Å². The number of ether oxygens (including phenoxy) is 1. The van der Waals surface area contributed by atoms with Crippen LogP contribution in [0.3, 0.4) is 0 Å². The molecular weight excluding hydrogens is 289 g/mol. The summed E-state index contributed by atoms with van der Waals surface area (Å²) in [7, 11) is 0. The predicted molar refractivity (Wildman–Crippen MR) is 79.3 cm³/mol. The van der Waals surface area contributed by atoms with Gasteiger partial charge in [0.2, 0.25) is 5.91 Å². The van der Waals surface area contributed by atoms with Crippen molar-refractivity contribution < 1.29 is 9.53 Å². The molecule has 0 bridgehead atoms. The molecule has 1 fully saturated rings. The van der Waals surface area contributed by atoms with Gasteiger partial charge in [-0.25, -0.2) is 0 Å². The number of aryl methyl sites for hydroxylation is 1. The molecule has 7 heteroatoms. The minimum absolute atomic E-state index is 0. The maximum Gasteiger partial charge on any atom is 0.227 e. The zero-order valence-corrected chi connectivity index (χ0v) is 12.4. The molecule has 5 nitrogen and oxygen atoms in total. The average Bonchev–Trinajstić information content (AvgIpc) is 2.33. The second-order valence-corrected chi connectivity index (χ2v) is 4.14. The Morgan fingerprint density at radius 1 is 1.58 bits per heavy atom. The van der Waals surface area contributed by atoms with Crippen molar-refractivity contribution in [1.82, 2.24) is 10.3 Å². The van der Waals surface area contributed by atoms with Gasteiger partial charge in [-0.1, -0.05) is 0 Å². The van der Waals surface area contributed by atoms with Gasteiger partial charge in [0.1, 0.15) is 0 Å². The third kappa shape index (κ3) is 5.74. The van der Waals surface area contributed by atoms with Gasteiger partial charge in [0.05, 0.1) is 31.0 Å². The van der Waals surface area contributed by atoms with Crippen LogP contribution in [0.1, 0.15) is 12.0 Å². The molecule has 2 N–H and O–H groups in total. The van der Waals surface area contributed by atoms with Gasteiger partial charge in [0, 0.05) is 19.3 Å². The van der Waals surface area contributed by atoms with Gasteiger partial charge in [-0.3, -0.25) is 9.78 Å². The summed E-state index contributed by atoms with van der Waals surface area (Å²) in [6.07, 6.45) is 3.72. The molecular formula is C12H19Cl2N3O2. The number of nitrogens with zero attached hydrogens (tertiary/aromatic N) is 1. The Balaban J connectivity index is 0.00000162. The van der Waals surface area contributed by atoms with Crippen molar-refractivity contribution in [3.05, 3.63) is 24.0 Å². The molecule has 0 aliphatic carbocycles. The van der Waals surface area contributed by atoms with Crippen LogP contribution < -0.4 is 10.6 Å². The van der Waals surface area contributed by atoms with Gasteiger partial charge in [-0.2, -0.15) is 0 Å². The van der Waals surface area contributed by atoms with Crippen LogP contribution in [0, 0.1) is 6.92 Å². The number of halogens is 2. The van der Waals surface area contributed by atoms with Crippen LogP contribution in [0.25, 0.3) is 0 Å². The molecule has 0 saturated carbocycles. The zero-order valence-electron chi connectivity index (χ0n) is 10.7. The number of amides is 1. The molecule has 1 saturated heterocycles. The third-order valence-electron chi connectivity index (χ3n) is 2.73. The van der Waals surface area contributed by atoms with Crippen LogP contribution in [0.5, 0.6) is 0 Å². The third-order valence-corrected chi connectivity index (χ3v) is 2.73. The molecule has 0 radical (unpaired) electrons. The lowest BCUT2D eigenvalue weighted by Gasteiger charge is -2.23. The number of hydrogen-bond donors (Lipinski definition) is 2. The molecule has 1 aromatic heterocycles. The SMILES string of the molecule is Cc1ccncc1NC(=O)CC1CNCCO1.Cl.Cl. The summed E-state index contributed by atoms with van der Waals surface area (Å²) in [4.78, 5) is 15.8. The van der Waals surface area contributed by atoms with E-state index in [1.54, 1.807) is 12.4 Å². The van der Waals surface area contributed by atoms with Crippen LogP contribution in [0.2, 0.25) is 0 Å². The smallest absolute Gasteiger partial charge is 0.227 e. The maximum atomic E-state index is 11.8. The number of carbonyl (C=O) groups excluding carboxylic acids is 1. The maximum absolute atomic E-state index is 11.8. The fraction of sp³-hybridized carbons (Fsp3) is 0.500. The molecule has 0 aromatic carbocycles. The number of rotatable bonds is 3. The number of aromatic nitrogens is 1. The van der Waals surface area contributed by atoms with Crippen molar-refractivity contribution in [2.24, 2.45) is 0 Å². The van der Waals surface area contributed by atoms with E-state index in [9.17, 15) is 4.79 Å². The normalized spacial score (nSPS) is 17.8. The molecule has 2 heterocycles. The Morgan fingerprint density at radius 3 is 3.00 bits per heavy atom. The number of morpholine rings is 1. The van der Waals surface area contributed by atoms with Crippen molar-refractivity contribution in [2.45, 2.75) is 19.4 Å². The van der Waals surface area contributed by atoms with Crippen LogP contribution in [-0.4, -0.2) is 36.7 Å². The number of nitrogens with one attached hydrogen (secondary N) is 2. The van der Waals surface area contributed by atoms with Crippen LogP contribution in [0.4, 0.5) is 5.69 Å². The van der Waals surface area contributed by atoms with Crippen LogP contribution in [-0.2, 0) is 9.53 Å². The number of hydrogen-bond acceptors (Lipinski definition) is 4. The van der Waals surface area contributed by atoms with Crippen molar-refractivity contribution in [3.63, 3.8) is 0 Å². The van der Waals surface area contributed by atoms with Gasteiger partial charge in [0.15, 0.2) is 0 Å². The van der Waals surface area contributed by atoms with E-state index in [2.05, 4.69) is 15.6 Å². The quantitative estimate of drug-likeness (QED) is 0.889. The van der Waals surface area contributed by atoms with Gasteiger partial charge < -0.3 is 15.4 Å². The largest absolute Gasteiger partial charge is 0.375 e. The summed E-state index contributed by atoms with van der Waals surface area (Å²) in [5.41, 5.74) is 1.78. The summed E-state index contributed by atoms with van der Waals surface area (Å²) >= 11 is 0. The number of carbonyl (C=O) groups is 1. The molecule has 2 rings (SSSR count). The highest BCUT2D eigenvalue weighted by atomic mass is 35.5. The first-order valence-corrected chi connectivity index (χ1v) is 5.78. The van der Waals surface area contributed by atoms with E-state index in [4.69, 9.17) is 4.74 Å². The van der Waals surface area contributed by atoms with E-state index in [-0.39, 0.29) is 36.8 Å². The molecule has 1 amide bonds. The lowest BCUT2D eigenvalue weighted by atomic mass is 10.2. The van der Waals surface area contributed by atoms with Crippen LogP contribution >= 0.6 is 24.8 Å². The van der Waals surface area contributed by atoms with E-state index in [1.807, 2.05) is 13.0 Å². The second kappa shape index (κ2) is 9.09. The van der Waals surface area contributed by atoms with Gasteiger partial charge in [-0.05, 0) is 18.6 Å². The summed E-state index contributed by atoms with van der Waals surface area (Å²) in [6, 6.07) is 1.87. The topological polar surface area (TPSA) is 63.2 Å². The van der Waals surface area contributed by atoms with E-state index in [1.165, 1.54) is 0 Å². The first kappa shape index (κ1) is 18.1. The Morgan fingerprint density at radius 2 is 2.37 bits per heavy atom. The van der Waals surface area contributed by atoms with E-state index in [0.29, 0.717) is 13.0 Å². The van der Waals surface area contributed by atoms with Crippen LogP contribution in [0.15, 0.2) is 18.5 Å². The summed E-state index contributed by atoms with van der Waals surface area (Å²) in [6.45, 7) is 4.21. The van der Waals surface area contributed by atoms with Crippen molar-refractivity contribution in [3.8, 4) is 0 Å². The van der Waals surface area contributed by atoms with Crippen molar-refractivity contribution in [2.75, 3.05) is 25.0 Å². The molecule has 1 unspecified atom stereocenters. The van der Waals surface area contributed by atoms with E-state index < -0.39 is 0 Å². The summed E-state index contributed by atoms with van der Waals surface area (Å²) in [5.74, 6) is -0.0326. The first-order chi connectivity index (χ1) is 8.25. The van der Waals surface area contributed by atoms with Gasteiger partial charge >= 0.3 is 0 Å². The predicted octanol–water partition coefficient (Wildman–Crippen LogP) is 1.55. The Hall–Kier alpha value is -0.880. The number of pyridine rings is 1. The van der Waals surface area contributed by atoms with Gasteiger partial charge in [0.25, 0.3) is 0 Å². The number of anilines is 1. The standard InChI is InChI=1S/C12H17N3O2.2ClH/c1-9-2-3-13-8-11(9)15-12(16)6-10-7-14-4-5-17-10;;/h2-3,8,10,14H,4-7H2,1H3,(H,15,16);2*1H. The summed E-state index contributed by atoms with van der Waals surface area (Å²) in [5, 5.41) is 6.05. The molecule has 108 valence electrons. The Bertz CT molecular complexity index is 398. The van der Waals surface area contributed by atoms with E-state index in [0.717, 1.165) is 24.3 Å². The second-order valence-electron chi connectivity index (χ2n) is 4.14. The molecule has 19 heavy (non-hydrogen) atoms. The monoisotopic (exact) mass is 307 g/mol. The highest BCUT2D eigenvalue weighted by Gasteiger charge is 2.17. The minimum Gasteiger partial charge on any atom is -0.375 e. The van der Waals surface area contributed by atoms with E-state index >= 15 is 0 Å². The minimum atomic E-state index is -0.0326. The molecule has 0 spiro atoms. The highest BCUT2D eigenvalue weighted by Crippen LogP contribution is 2.12. The van der Waals surface area contributed by atoms with Crippen molar-refractivity contribution >= 4 is 36.4 Å². The zero-order chi connectivity index (χ0) is 12.1. The molecule has 1 aliphatic heterocycles. The average molecular weight is 308 g/mol. The summed E-state index contributed by atoms with van der Waals surface area (Å²) < 4.78 is 5.48.